The first kappa shape index (κ1) is 15.9. The smallest absolute Gasteiger partial charge is 0.254 e. The van der Waals surface area contributed by atoms with Gasteiger partial charge in [0.25, 0.3) is 11.7 Å². The van der Waals surface area contributed by atoms with Gasteiger partial charge in [-0.1, -0.05) is 12.1 Å². The van der Waals surface area contributed by atoms with E-state index in [9.17, 15) is 4.79 Å². The van der Waals surface area contributed by atoms with E-state index in [4.69, 9.17) is 0 Å². The second-order valence-electron chi connectivity index (χ2n) is 5.60. The van der Waals surface area contributed by atoms with E-state index in [-0.39, 0.29) is 5.91 Å². The Morgan fingerprint density at radius 2 is 2.12 bits per heavy atom. The molecule has 0 aliphatic heterocycles. The van der Waals surface area contributed by atoms with Crippen LogP contribution in [-0.2, 0) is 6.42 Å². The van der Waals surface area contributed by atoms with Crippen molar-refractivity contribution in [3.05, 3.63) is 53.0 Å². The van der Waals surface area contributed by atoms with Crippen LogP contribution in [-0.4, -0.2) is 39.1 Å². The summed E-state index contributed by atoms with van der Waals surface area (Å²) in [5.41, 5.74) is 3.75. The number of anilines is 1. The standard InChI is InChI=1S/C17H20N6O/c1-11-12(2)22-17-20-10-21-23(17)15(11)19-8-7-13-5-4-6-14(9-13)16(24)18-3/h4-6,9-10,19H,7-8H2,1-3H3,(H,18,24). The van der Waals surface area contributed by atoms with Crippen molar-refractivity contribution in [1.82, 2.24) is 24.9 Å². The number of benzene rings is 1. The van der Waals surface area contributed by atoms with Gasteiger partial charge in [-0.3, -0.25) is 4.79 Å². The molecule has 2 aromatic heterocycles. The Morgan fingerprint density at radius 1 is 1.29 bits per heavy atom. The minimum absolute atomic E-state index is 0.0743. The van der Waals surface area contributed by atoms with Crippen LogP contribution in [0.4, 0.5) is 5.82 Å². The summed E-state index contributed by atoms with van der Waals surface area (Å²) in [5, 5.41) is 10.3. The normalized spacial score (nSPS) is 10.8. The number of hydrogen-bond donors (Lipinski definition) is 2. The molecule has 0 fully saturated rings. The van der Waals surface area contributed by atoms with E-state index >= 15 is 0 Å². The van der Waals surface area contributed by atoms with E-state index < -0.39 is 0 Å². The fourth-order valence-corrected chi connectivity index (χ4v) is 2.58. The summed E-state index contributed by atoms with van der Waals surface area (Å²) in [5.74, 6) is 1.41. The molecule has 0 aliphatic rings. The second kappa shape index (κ2) is 6.66. The second-order valence-corrected chi connectivity index (χ2v) is 5.60. The molecule has 3 rings (SSSR count). The highest BCUT2D eigenvalue weighted by molar-refractivity contribution is 5.94. The van der Waals surface area contributed by atoms with E-state index in [0.29, 0.717) is 11.3 Å². The zero-order valence-electron chi connectivity index (χ0n) is 14.0. The molecule has 7 heteroatoms. The van der Waals surface area contributed by atoms with Crippen LogP contribution in [0, 0.1) is 13.8 Å². The fourth-order valence-electron chi connectivity index (χ4n) is 2.58. The highest BCUT2D eigenvalue weighted by Crippen LogP contribution is 2.17. The monoisotopic (exact) mass is 324 g/mol. The molecule has 1 aromatic carbocycles. The molecule has 0 aliphatic carbocycles. The summed E-state index contributed by atoms with van der Waals surface area (Å²) in [6.45, 7) is 4.69. The number of carbonyl (C=O) groups excluding carboxylic acids is 1. The maximum Gasteiger partial charge on any atom is 0.254 e. The minimum Gasteiger partial charge on any atom is -0.369 e. The molecule has 3 aromatic rings. The number of nitrogens with one attached hydrogen (secondary N) is 2. The van der Waals surface area contributed by atoms with Crippen LogP contribution >= 0.6 is 0 Å². The number of aromatic nitrogens is 4. The molecule has 24 heavy (non-hydrogen) atoms. The Labute approximate surface area is 140 Å². The van der Waals surface area contributed by atoms with Crippen LogP contribution in [0.3, 0.4) is 0 Å². The maximum absolute atomic E-state index is 11.7. The quantitative estimate of drug-likeness (QED) is 0.747. The van der Waals surface area contributed by atoms with Gasteiger partial charge in [0.1, 0.15) is 12.1 Å². The third-order valence-electron chi connectivity index (χ3n) is 4.03. The lowest BCUT2D eigenvalue weighted by Gasteiger charge is -2.12. The van der Waals surface area contributed by atoms with E-state index in [2.05, 4.69) is 25.7 Å². The Hall–Kier alpha value is -2.96. The SMILES string of the molecule is CNC(=O)c1cccc(CCNc2c(C)c(C)nc3ncnn23)c1. The van der Waals surface area contributed by atoms with Gasteiger partial charge in [-0.2, -0.15) is 14.6 Å². The van der Waals surface area contributed by atoms with Gasteiger partial charge in [-0.25, -0.2) is 4.98 Å². The van der Waals surface area contributed by atoms with Gasteiger partial charge in [0.05, 0.1) is 0 Å². The first-order valence-corrected chi connectivity index (χ1v) is 7.82. The molecule has 2 N–H and O–H groups in total. The average molecular weight is 324 g/mol. The van der Waals surface area contributed by atoms with Crippen molar-refractivity contribution in [3.8, 4) is 0 Å². The molecule has 124 valence electrons. The van der Waals surface area contributed by atoms with E-state index in [1.165, 1.54) is 6.33 Å². The fraction of sp³-hybridized carbons (Fsp3) is 0.294. The number of carbonyl (C=O) groups is 1. The number of amides is 1. The summed E-state index contributed by atoms with van der Waals surface area (Å²) in [7, 11) is 1.63. The molecular formula is C17H20N6O. The molecule has 0 unspecified atom stereocenters. The maximum atomic E-state index is 11.7. The number of hydrogen-bond acceptors (Lipinski definition) is 5. The van der Waals surface area contributed by atoms with Crippen molar-refractivity contribution in [2.24, 2.45) is 0 Å². The first-order chi connectivity index (χ1) is 11.6. The lowest BCUT2D eigenvalue weighted by Crippen LogP contribution is -2.18. The Balaban J connectivity index is 1.74. The van der Waals surface area contributed by atoms with Gasteiger partial charge < -0.3 is 10.6 Å². The van der Waals surface area contributed by atoms with Crippen molar-refractivity contribution in [2.75, 3.05) is 18.9 Å². The summed E-state index contributed by atoms with van der Waals surface area (Å²) >= 11 is 0. The number of fused-ring (bicyclic) bond motifs is 1. The van der Waals surface area contributed by atoms with Crippen LogP contribution < -0.4 is 10.6 Å². The zero-order chi connectivity index (χ0) is 17.1. The molecule has 0 atom stereocenters. The van der Waals surface area contributed by atoms with Gasteiger partial charge in [-0.05, 0) is 38.0 Å². The lowest BCUT2D eigenvalue weighted by molar-refractivity contribution is 0.0963. The number of rotatable bonds is 5. The summed E-state index contributed by atoms with van der Waals surface area (Å²) in [6.07, 6.45) is 2.29. The van der Waals surface area contributed by atoms with E-state index in [1.54, 1.807) is 11.6 Å². The zero-order valence-corrected chi connectivity index (χ0v) is 14.0. The molecular weight excluding hydrogens is 304 g/mol. The van der Waals surface area contributed by atoms with Gasteiger partial charge in [-0.15, -0.1) is 0 Å². The van der Waals surface area contributed by atoms with Gasteiger partial charge in [0.15, 0.2) is 0 Å². The molecule has 0 saturated carbocycles. The predicted molar refractivity (Wildman–Crippen MR) is 92.3 cm³/mol. The molecule has 7 nitrogen and oxygen atoms in total. The van der Waals surface area contributed by atoms with Crippen LogP contribution in [0.25, 0.3) is 5.78 Å². The van der Waals surface area contributed by atoms with Gasteiger partial charge >= 0.3 is 0 Å². The van der Waals surface area contributed by atoms with Crippen molar-refractivity contribution in [3.63, 3.8) is 0 Å². The molecule has 0 bridgehead atoms. The third kappa shape index (κ3) is 3.05. The molecule has 0 saturated heterocycles. The largest absolute Gasteiger partial charge is 0.369 e. The summed E-state index contributed by atoms with van der Waals surface area (Å²) < 4.78 is 1.71. The minimum atomic E-state index is -0.0743. The predicted octanol–water partition coefficient (Wildman–Crippen LogP) is 1.76. The van der Waals surface area contributed by atoms with Crippen molar-refractivity contribution in [1.29, 1.82) is 0 Å². The molecule has 0 radical (unpaired) electrons. The highest BCUT2D eigenvalue weighted by atomic mass is 16.1. The van der Waals surface area contributed by atoms with Gasteiger partial charge in [0.2, 0.25) is 0 Å². The van der Waals surface area contributed by atoms with Crippen LogP contribution in [0.2, 0.25) is 0 Å². The Morgan fingerprint density at radius 3 is 2.92 bits per heavy atom. The average Bonchev–Trinajstić information content (AvgIpc) is 3.05. The van der Waals surface area contributed by atoms with E-state index in [1.807, 2.05) is 38.1 Å². The Bertz CT molecular complexity index is 886. The topological polar surface area (TPSA) is 84.2 Å². The molecule has 1 amide bonds. The van der Waals surface area contributed by atoms with E-state index in [0.717, 1.165) is 35.6 Å². The first-order valence-electron chi connectivity index (χ1n) is 7.82. The Kier molecular flexibility index (Phi) is 4.41. The molecule has 0 spiro atoms. The van der Waals surface area contributed by atoms with Crippen molar-refractivity contribution in [2.45, 2.75) is 20.3 Å². The van der Waals surface area contributed by atoms with Crippen molar-refractivity contribution >= 4 is 17.5 Å². The highest BCUT2D eigenvalue weighted by Gasteiger charge is 2.10. The van der Waals surface area contributed by atoms with Crippen LogP contribution in [0.5, 0.6) is 0 Å². The number of nitrogens with zero attached hydrogens (tertiary/aromatic N) is 4. The van der Waals surface area contributed by atoms with Crippen LogP contribution in [0.15, 0.2) is 30.6 Å². The van der Waals surface area contributed by atoms with Crippen LogP contribution in [0.1, 0.15) is 27.2 Å². The number of aryl methyl sites for hydroxylation is 1. The molecule has 2 heterocycles. The summed E-state index contributed by atoms with van der Waals surface area (Å²) in [4.78, 5) is 20.3. The van der Waals surface area contributed by atoms with Gasteiger partial charge in [0, 0.05) is 30.4 Å². The summed E-state index contributed by atoms with van der Waals surface area (Å²) in [6, 6.07) is 7.64. The van der Waals surface area contributed by atoms with Crippen molar-refractivity contribution < 1.29 is 4.79 Å². The third-order valence-corrected chi connectivity index (χ3v) is 4.03. The lowest BCUT2D eigenvalue weighted by atomic mass is 10.1.